The summed E-state index contributed by atoms with van der Waals surface area (Å²) in [6.45, 7) is 1.60. The van der Waals surface area contributed by atoms with Crippen molar-refractivity contribution in [3.8, 4) is 5.75 Å². The fraction of sp³-hybridized carbons (Fsp3) is 0.176. The topological polar surface area (TPSA) is 67.4 Å². The van der Waals surface area contributed by atoms with Gasteiger partial charge in [-0.3, -0.25) is 20.4 Å². The van der Waals surface area contributed by atoms with Crippen molar-refractivity contribution in [2.45, 2.75) is 19.4 Å². The first-order chi connectivity index (χ1) is 11.4. The van der Waals surface area contributed by atoms with E-state index in [2.05, 4.69) is 26.8 Å². The number of halogens is 2. The summed E-state index contributed by atoms with van der Waals surface area (Å²) >= 11 is 9.12. The van der Waals surface area contributed by atoms with Crippen LogP contribution in [-0.2, 0) is 16.0 Å². The number of benzene rings is 2. The summed E-state index contributed by atoms with van der Waals surface area (Å²) in [6.07, 6.45) is -0.617. The molecule has 2 N–H and O–H groups in total. The molecule has 0 bridgehead atoms. The first-order valence-electron chi connectivity index (χ1n) is 7.19. The van der Waals surface area contributed by atoms with Gasteiger partial charge in [-0.05, 0) is 42.8 Å². The number of hydrogen-bond acceptors (Lipinski definition) is 3. The molecule has 7 heteroatoms. The SMILES string of the molecule is C[C@@H](Oc1cccc(Br)c1)C(=O)NNC(=O)Cc1ccc(Cl)cc1. The number of hydrogen-bond donors (Lipinski definition) is 2. The standard InChI is InChI=1S/C17H16BrClN2O3/c1-11(24-15-4-2-3-13(18)10-15)17(23)21-20-16(22)9-12-5-7-14(19)8-6-12/h2-8,10-11H,9H2,1H3,(H,20,22)(H,21,23)/t11-/m1/s1. The van der Waals surface area contributed by atoms with E-state index in [1.54, 1.807) is 49.4 Å². The largest absolute Gasteiger partial charge is 0.481 e. The number of hydrazine groups is 1. The molecule has 2 rings (SSSR count). The molecule has 0 aromatic heterocycles. The zero-order valence-corrected chi connectivity index (χ0v) is 15.2. The number of carbonyl (C=O) groups excluding carboxylic acids is 2. The molecule has 126 valence electrons. The minimum Gasteiger partial charge on any atom is -0.481 e. The Labute approximate surface area is 153 Å². The summed E-state index contributed by atoms with van der Waals surface area (Å²) in [5, 5.41) is 0.603. The van der Waals surface area contributed by atoms with Crippen LogP contribution in [0.4, 0.5) is 0 Å². The second kappa shape index (κ2) is 8.70. The van der Waals surface area contributed by atoms with Crippen molar-refractivity contribution < 1.29 is 14.3 Å². The van der Waals surface area contributed by atoms with E-state index >= 15 is 0 Å². The molecule has 0 fully saturated rings. The highest BCUT2D eigenvalue weighted by Gasteiger charge is 2.15. The Hall–Kier alpha value is -2.05. The monoisotopic (exact) mass is 410 g/mol. The summed E-state index contributed by atoms with van der Waals surface area (Å²) < 4.78 is 6.36. The number of amides is 2. The molecule has 0 aliphatic rings. The average molecular weight is 412 g/mol. The summed E-state index contributed by atoms with van der Waals surface area (Å²) in [6, 6.07) is 14.1. The van der Waals surface area contributed by atoms with E-state index in [0.29, 0.717) is 10.8 Å². The van der Waals surface area contributed by atoms with Crippen molar-refractivity contribution in [1.29, 1.82) is 0 Å². The first-order valence-corrected chi connectivity index (χ1v) is 8.36. The summed E-state index contributed by atoms with van der Waals surface area (Å²) in [5.41, 5.74) is 5.51. The molecule has 5 nitrogen and oxygen atoms in total. The van der Waals surface area contributed by atoms with Crippen LogP contribution in [0.3, 0.4) is 0 Å². The van der Waals surface area contributed by atoms with E-state index in [0.717, 1.165) is 10.0 Å². The molecular formula is C17H16BrClN2O3. The Kier molecular flexibility index (Phi) is 6.63. The predicted molar refractivity (Wildman–Crippen MR) is 95.7 cm³/mol. The maximum atomic E-state index is 12.0. The van der Waals surface area contributed by atoms with Crippen LogP contribution < -0.4 is 15.6 Å². The number of carbonyl (C=O) groups is 2. The molecule has 1 atom stereocenters. The third-order valence-electron chi connectivity index (χ3n) is 3.08. The van der Waals surface area contributed by atoms with E-state index in [9.17, 15) is 9.59 Å². The molecule has 2 aromatic rings. The predicted octanol–water partition coefficient (Wildman–Crippen LogP) is 3.26. The third kappa shape index (κ3) is 5.86. The van der Waals surface area contributed by atoms with Crippen LogP contribution in [0, 0.1) is 0 Å². The van der Waals surface area contributed by atoms with Gasteiger partial charge in [-0.25, -0.2) is 0 Å². The maximum Gasteiger partial charge on any atom is 0.279 e. The number of rotatable bonds is 5. The molecule has 0 saturated carbocycles. The minimum atomic E-state index is -0.755. The van der Waals surface area contributed by atoms with E-state index in [1.807, 2.05) is 6.07 Å². The Morgan fingerprint density at radius 1 is 1.17 bits per heavy atom. The zero-order chi connectivity index (χ0) is 17.5. The molecule has 0 spiro atoms. The molecule has 24 heavy (non-hydrogen) atoms. The molecule has 0 aliphatic heterocycles. The van der Waals surface area contributed by atoms with Crippen molar-refractivity contribution in [1.82, 2.24) is 10.9 Å². The zero-order valence-electron chi connectivity index (χ0n) is 12.9. The van der Waals surface area contributed by atoms with Crippen LogP contribution in [0.25, 0.3) is 0 Å². The van der Waals surface area contributed by atoms with Gasteiger partial charge in [0.1, 0.15) is 5.75 Å². The Bertz CT molecular complexity index is 722. The van der Waals surface area contributed by atoms with Crippen molar-refractivity contribution in [2.24, 2.45) is 0 Å². The Morgan fingerprint density at radius 3 is 2.54 bits per heavy atom. The van der Waals surface area contributed by atoms with Crippen LogP contribution in [0.15, 0.2) is 53.0 Å². The lowest BCUT2D eigenvalue weighted by Gasteiger charge is -2.15. The Morgan fingerprint density at radius 2 is 1.88 bits per heavy atom. The molecule has 0 radical (unpaired) electrons. The lowest BCUT2D eigenvalue weighted by molar-refractivity contribution is -0.132. The quantitative estimate of drug-likeness (QED) is 0.742. The third-order valence-corrected chi connectivity index (χ3v) is 3.83. The lowest BCUT2D eigenvalue weighted by atomic mass is 10.1. The van der Waals surface area contributed by atoms with Gasteiger partial charge < -0.3 is 4.74 Å². The molecule has 0 aliphatic carbocycles. The van der Waals surface area contributed by atoms with Crippen molar-refractivity contribution in [3.63, 3.8) is 0 Å². The second-order valence-corrected chi connectivity index (χ2v) is 6.41. The smallest absolute Gasteiger partial charge is 0.279 e. The van der Waals surface area contributed by atoms with Crippen molar-refractivity contribution in [2.75, 3.05) is 0 Å². The average Bonchev–Trinajstić information content (AvgIpc) is 2.54. The highest BCUT2D eigenvalue weighted by atomic mass is 79.9. The molecule has 0 unspecified atom stereocenters. The molecule has 2 aromatic carbocycles. The highest BCUT2D eigenvalue weighted by Crippen LogP contribution is 2.18. The number of ether oxygens (including phenoxy) is 1. The van der Waals surface area contributed by atoms with Gasteiger partial charge in [-0.1, -0.05) is 45.7 Å². The van der Waals surface area contributed by atoms with Crippen LogP contribution >= 0.6 is 27.5 Å². The normalized spacial score (nSPS) is 11.5. The maximum absolute atomic E-state index is 12.0. The molecular weight excluding hydrogens is 396 g/mol. The lowest BCUT2D eigenvalue weighted by Crippen LogP contribution is -2.47. The van der Waals surface area contributed by atoms with Gasteiger partial charge >= 0.3 is 0 Å². The van der Waals surface area contributed by atoms with Crippen LogP contribution in [-0.4, -0.2) is 17.9 Å². The van der Waals surface area contributed by atoms with E-state index < -0.39 is 12.0 Å². The highest BCUT2D eigenvalue weighted by molar-refractivity contribution is 9.10. The van der Waals surface area contributed by atoms with Gasteiger partial charge in [-0.2, -0.15) is 0 Å². The molecule has 0 heterocycles. The van der Waals surface area contributed by atoms with E-state index in [-0.39, 0.29) is 12.3 Å². The van der Waals surface area contributed by atoms with Crippen LogP contribution in [0.2, 0.25) is 5.02 Å². The van der Waals surface area contributed by atoms with Crippen molar-refractivity contribution in [3.05, 3.63) is 63.6 Å². The summed E-state index contributed by atoms with van der Waals surface area (Å²) in [5.74, 6) is -0.223. The fourth-order valence-corrected chi connectivity index (χ4v) is 2.37. The molecule has 2 amide bonds. The summed E-state index contributed by atoms with van der Waals surface area (Å²) in [4.78, 5) is 23.8. The first kappa shape index (κ1) is 18.3. The van der Waals surface area contributed by atoms with Crippen LogP contribution in [0.1, 0.15) is 12.5 Å². The van der Waals surface area contributed by atoms with Gasteiger partial charge in [0.2, 0.25) is 5.91 Å². The van der Waals surface area contributed by atoms with Crippen LogP contribution in [0.5, 0.6) is 5.75 Å². The van der Waals surface area contributed by atoms with Crippen molar-refractivity contribution >= 4 is 39.3 Å². The number of nitrogens with one attached hydrogen (secondary N) is 2. The van der Waals surface area contributed by atoms with E-state index in [1.165, 1.54) is 0 Å². The van der Waals surface area contributed by atoms with Gasteiger partial charge in [0.05, 0.1) is 6.42 Å². The summed E-state index contributed by atoms with van der Waals surface area (Å²) in [7, 11) is 0. The van der Waals surface area contributed by atoms with Gasteiger partial charge in [0.15, 0.2) is 6.10 Å². The fourth-order valence-electron chi connectivity index (χ4n) is 1.86. The minimum absolute atomic E-state index is 0.137. The Balaban J connectivity index is 1.79. The van der Waals surface area contributed by atoms with Gasteiger partial charge in [-0.15, -0.1) is 0 Å². The van der Waals surface area contributed by atoms with Gasteiger partial charge in [0.25, 0.3) is 5.91 Å². The van der Waals surface area contributed by atoms with E-state index in [4.69, 9.17) is 16.3 Å². The molecule has 0 saturated heterocycles. The van der Waals surface area contributed by atoms with Gasteiger partial charge in [0, 0.05) is 9.50 Å². The second-order valence-electron chi connectivity index (χ2n) is 5.06.